The van der Waals surface area contributed by atoms with E-state index in [1.54, 1.807) is 12.3 Å². The van der Waals surface area contributed by atoms with E-state index in [2.05, 4.69) is 21.6 Å². The van der Waals surface area contributed by atoms with Gasteiger partial charge >= 0.3 is 0 Å². The van der Waals surface area contributed by atoms with E-state index in [0.717, 1.165) is 16.8 Å². The van der Waals surface area contributed by atoms with Crippen LogP contribution in [-0.4, -0.2) is 19.7 Å². The number of nitrogens with zero attached hydrogens (tertiary/aromatic N) is 4. The lowest BCUT2D eigenvalue weighted by Crippen LogP contribution is -2.23. The van der Waals surface area contributed by atoms with Gasteiger partial charge in [-0.25, -0.2) is 4.39 Å². The van der Waals surface area contributed by atoms with E-state index < -0.39 is 0 Å². The molecule has 2 aromatic heterocycles. The highest BCUT2D eigenvalue weighted by molar-refractivity contribution is 5.20. The van der Waals surface area contributed by atoms with Gasteiger partial charge in [0.25, 0.3) is 0 Å². The highest BCUT2D eigenvalue weighted by atomic mass is 19.1. The third-order valence-corrected chi connectivity index (χ3v) is 4.24. The summed E-state index contributed by atoms with van der Waals surface area (Å²) in [5.74, 6) is -0.178. The highest BCUT2D eigenvalue weighted by Gasteiger charge is 2.14. The molecule has 0 bridgehead atoms. The van der Waals surface area contributed by atoms with Crippen molar-refractivity contribution in [3.63, 3.8) is 0 Å². The van der Waals surface area contributed by atoms with E-state index in [-0.39, 0.29) is 5.82 Å². The maximum atomic E-state index is 14.1. The van der Waals surface area contributed by atoms with Crippen LogP contribution in [0.25, 0.3) is 0 Å². The van der Waals surface area contributed by atoms with Crippen molar-refractivity contribution in [2.45, 2.75) is 33.1 Å². The molecule has 3 rings (SSSR count). The molecule has 4 nitrogen and oxygen atoms in total. The molecule has 134 valence electrons. The third-order valence-electron chi connectivity index (χ3n) is 4.24. The number of rotatable bonds is 8. The van der Waals surface area contributed by atoms with Crippen molar-refractivity contribution in [2.24, 2.45) is 0 Å². The lowest BCUT2D eigenvalue weighted by atomic mass is 10.1. The fraction of sp³-hybridized carbons (Fsp3) is 0.238. The smallest absolute Gasteiger partial charge is 0.127 e. The first kappa shape index (κ1) is 18.0. The van der Waals surface area contributed by atoms with Gasteiger partial charge in [-0.15, -0.1) is 6.58 Å². The molecule has 0 aliphatic carbocycles. The van der Waals surface area contributed by atoms with Crippen LogP contribution in [0.4, 0.5) is 4.39 Å². The van der Waals surface area contributed by atoms with Gasteiger partial charge in [0.2, 0.25) is 0 Å². The normalized spacial score (nSPS) is 11.0. The second kappa shape index (κ2) is 8.54. The number of pyridine rings is 1. The Labute approximate surface area is 153 Å². The first-order valence-corrected chi connectivity index (χ1v) is 8.64. The molecular formula is C21H23FN4. The van der Waals surface area contributed by atoms with E-state index in [4.69, 9.17) is 0 Å². The molecule has 0 aliphatic rings. The number of hydrogen-bond acceptors (Lipinski definition) is 3. The molecule has 0 unspecified atom stereocenters. The van der Waals surface area contributed by atoms with E-state index in [9.17, 15) is 4.39 Å². The minimum absolute atomic E-state index is 0.178. The first-order valence-electron chi connectivity index (χ1n) is 8.64. The highest BCUT2D eigenvalue weighted by Crippen LogP contribution is 2.17. The van der Waals surface area contributed by atoms with Gasteiger partial charge in [0.1, 0.15) is 5.82 Å². The zero-order valence-corrected chi connectivity index (χ0v) is 15.0. The number of aromatic nitrogens is 3. The monoisotopic (exact) mass is 350 g/mol. The summed E-state index contributed by atoms with van der Waals surface area (Å²) in [6, 6.07) is 10.9. The van der Waals surface area contributed by atoms with Crippen LogP contribution >= 0.6 is 0 Å². The number of aryl methyl sites for hydroxylation is 1. The Balaban J connectivity index is 1.82. The maximum Gasteiger partial charge on any atom is 0.127 e. The molecule has 26 heavy (non-hydrogen) atoms. The summed E-state index contributed by atoms with van der Waals surface area (Å²) < 4.78 is 16.0. The van der Waals surface area contributed by atoms with Gasteiger partial charge in [0.05, 0.1) is 12.2 Å². The predicted octanol–water partition coefficient (Wildman–Crippen LogP) is 4.11. The Bertz CT molecular complexity index is 857. The Hall–Kier alpha value is -2.79. The van der Waals surface area contributed by atoms with Crippen molar-refractivity contribution < 1.29 is 4.39 Å². The molecule has 0 atom stereocenters. The molecule has 0 fully saturated rings. The zero-order chi connectivity index (χ0) is 18.4. The third kappa shape index (κ3) is 4.64. The van der Waals surface area contributed by atoms with Crippen LogP contribution in [-0.2, 0) is 26.2 Å². The lowest BCUT2D eigenvalue weighted by Gasteiger charge is -2.22. The summed E-state index contributed by atoms with van der Waals surface area (Å²) in [5.41, 5.74) is 3.90. The van der Waals surface area contributed by atoms with Crippen molar-refractivity contribution >= 4 is 0 Å². The topological polar surface area (TPSA) is 34.0 Å². The fourth-order valence-electron chi connectivity index (χ4n) is 2.97. The van der Waals surface area contributed by atoms with Crippen LogP contribution in [0.15, 0.2) is 67.6 Å². The van der Waals surface area contributed by atoms with Crippen LogP contribution < -0.4 is 0 Å². The summed E-state index contributed by atoms with van der Waals surface area (Å²) in [6.45, 7) is 8.33. The standard InChI is InChI=1S/C21H23FN4/c1-3-11-26-16-20(17(2)24-26)15-25(13-18-7-6-10-23-12-18)14-19-8-4-5-9-21(19)22/h3-10,12,16H,1,11,13-15H2,2H3. The van der Waals surface area contributed by atoms with Crippen LogP contribution in [0.2, 0.25) is 0 Å². The van der Waals surface area contributed by atoms with Gasteiger partial charge < -0.3 is 0 Å². The summed E-state index contributed by atoms with van der Waals surface area (Å²) >= 11 is 0. The molecular weight excluding hydrogens is 327 g/mol. The number of benzene rings is 1. The lowest BCUT2D eigenvalue weighted by molar-refractivity contribution is 0.243. The van der Waals surface area contributed by atoms with Gasteiger partial charge in [0.15, 0.2) is 0 Å². The molecule has 0 N–H and O–H groups in total. The van der Waals surface area contributed by atoms with Crippen molar-refractivity contribution in [1.29, 1.82) is 0 Å². The van der Waals surface area contributed by atoms with E-state index in [1.807, 2.05) is 54.3 Å². The molecule has 3 aromatic rings. The first-order chi connectivity index (χ1) is 12.7. The van der Waals surface area contributed by atoms with Crippen molar-refractivity contribution in [2.75, 3.05) is 0 Å². The van der Waals surface area contributed by atoms with Gasteiger partial charge in [-0.2, -0.15) is 5.10 Å². The largest absolute Gasteiger partial charge is 0.290 e. The summed E-state index contributed by atoms with van der Waals surface area (Å²) in [5, 5.41) is 4.52. The van der Waals surface area contributed by atoms with Crippen molar-refractivity contribution in [3.8, 4) is 0 Å². The zero-order valence-electron chi connectivity index (χ0n) is 15.0. The molecule has 0 saturated heterocycles. The van der Waals surface area contributed by atoms with Crippen LogP contribution in [0.5, 0.6) is 0 Å². The number of halogens is 1. The minimum Gasteiger partial charge on any atom is -0.290 e. The van der Waals surface area contributed by atoms with Crippen LogP contribution in [0.3, 0.4) is 0 Å². The second-order valence-electron chi connectivity index (χ2n) is 6.35. The Morgan fingerprint density at radius 3 is 2.65 bits per heavy atom. The average Bonchev–Trinajstić information content (AvgIpc) is 2.97. The quantitative estimate of drug-likeness (QED) is 0.573. The van der Waals surface area contributed by atoms with Gasteiger partial charge in [-0.3, -0.25) is 14.6 Å². The van der Waals surface area contributed by atoms with E-state index >= 15 is 0 Å². The maximum absolute atomic E-state index is 14.1. The minimum atomic E-state index is -0.178. The SMILES string of the molecule is C=CCn1cc(CN(Cc2cccnc2)Cc2ccccc2F)c(C)n1. The van der Waals surface area contributed by atoms with Crippen LogP contribution in [0.1, 0.15) is 22.4 Å². The fourth-order valence-corrected chi connectivity index (χ4v) is 2.97. The van der Waals surface area contributed by atoms with Crippen molar-refractivity contribution in [3.05, 3.63) is 95.8 Å². The Morgan fingerprint density at radius 1 is 1.12 bits per heavy atom. The molecule has 2 heterocycles. The molecule has 0 aliphatic heterocycles. The van der Waals surface area contributed by atoms with Gasteiger partial charge in [-0.05, 0) is 24.6 Å². The summed E-state index contributed by atoms with van der Waals surface area (Å²) in [4.78, 5) is 6.39. The second-order valence-corrected chi connectivity index (χ2v) is 6.35. The molecule has 5 heteroatoms. The predicted molar refractivity (Wildman–Crippen MR) is 101 cm³/mol. The van der Waals surface area contributed by atoms with Crippen molar-refractivity contribution in [1.82, 2.24) is 19.7 Å². The Morgan fingerprint density at radius 2 is 1.92 bits per heavy atom. The van der Waals surface area contributed by atoms with Crippen LogP contribution in [0, 0.1) is 12.7 Å². The molecule has 1 aromatic carbocycles. The molecule has 0 amide bonds. The average molecular weight is 350 g/mol. The Kier molecular flexibility index (Phi) is 5.92. The molecule has 0 saturated carbocycles. The number of allylic oxidation sites excluding steroid dienone is 1. The number of hydrogen-bond donors (Lipinski definition) is 0. The summed E-state index contributed by atoms with van der Waals surface area (Å²) in [7, 11) is 0. The molecule has 0 radical (unpaired) electrons. The van der Waals surface area contributed by atoms with E-state index in [0.29, 0.717) is 31.7 Å². The molecule has 0 spiro atoms. The van der Waals surface area contributed by atoms with Gasteiger partial charge in [0, 0.05) is 49.4 Å². The summed E-state index contributed by atoms with van der Waals surface area (Å²) in [6.07, 6.45) is 7.47. The van der Waals surface area contributed by atoms with E-state index in [1.165, 1.54) is 6.07 Å². The van der Waals surface area contributed by atoms with Gasteiger partial charge in [-0.1, -0.05) is 30.3 Å².